The molecule has 0 saturated carbocycles. The summed E-state index contributed by atoms with van der Waals surface area (Å²) in [6.45, 7) is 6.25. The maximum Gasteiger partial charge on any atom is 0.323 e. The molecule has 0 radical (unpaired) electrons. The van der Waals surface area contributed by atoms with Crippen LogP contribution >= 0.6 is 11.8 Å². The Morgan fingerprint density at radius 1 is 1.47 bits per heavy atom. The van der Waals surface area contributed by atoms with Crippen LogP contribution in [-0.4, -0.2) is 54.6 Å². The van der Waals surface area contributed by atoms with Gasteiger partial charge in [-0.1, -0.05) is 13.8 Å². The maximum atomic E-state index is 11.3. The number of hydrogen-bond acceptors (Lipinski definition) is 5. The second-order valence-electron chi connectivity index (χ2n) is 5.08. The van der Waals surface area contributed by atoms with Crippen molar-refractivity contribution in [2.75, 3.05) is 24.3 Å². The van der Waals surface area contributed by atoms with Crippen LogP contribution in [0.5, 0.6) is 0 Å². The van der Waals surface area contributed by atoms with E-state index in [1.807, 2.05) is 13.8 Å². The van der Waals surface area contributed by atoms with E-state index < -0.39 is 21.3 Å². The molecule has 0 bridgehead atoms. The summed E-state index contributed by atoms with van der Waals surface area (Å²) in [5, 5.41) is 12.4. The number of hydrogen-bond donors (Lipinski definition) is 2. The SMILES string of the molecule is CCCNC(C)(CC(C)SCCS(C)(=O)=O)C(=O)O. The normalized spacial score (nSPS) is 16.8. The van der Waals surface area contributed by atoms with Crippen molar-refractivity contribution < 1.29 is 18.3 Å². The van der Waals surface area contributed by atoms with E-state index in [0.717, 1.165) is 6.42 Å². The van der Waals surface area contributed by atoms with Crippen LogP contribution in [0.1, 0.15) is 33.6 Å². The molecular weight excluding hydrogens is 286 g/mol. The van der Waals surface area contributed by atoms with Gasteiger partial charge in [0.2, 0.25) is 0 Å². The Morgan fingerprint density at radius 2 is 2.05 bits per heavy atom. The van der Waals surface area contributed by atoms with Gasteiger partial charge in [-0.05, 0) is 26.3 Å². The lowest BCUT2D eigenvalue weighted by atomic mass is 9.96. The van der Waals surface area contributed by atoms with Gasteiger partial charge in [0.1, 0.15) is 15.4 Å². The molecule has 0 aliphatic carbocycles. The molecule has 0 fully saturated rings. The quantitative estimate of drug-likeness (QED) is 0.634. The van der Waals surface area contributed by atoms with Crippen LogP contribution < -0.4 is 5.32 Å². The Balaban J connectivity index is 4.32. The van der Waals surface area contributed by atoms with E-state index in [1.165, 1.54) is 18.0 Å². The van der Waals surface area contributed by atoms with Crippen LogP contribution in [0.4, 0.5) is 0 Å². The number of carboxylic acids is 1. The summed E-state index contributed by atoms with van der Waals surface area (Å²) in [4.78, 5) is 11.3. The lowest BCUT2D eigenvalue weighted by Crippen LogP contribution is -2.51. The summed E-state index contributed by atoms with van der Waals surface area (Å²) in [5.74, 6) is -0.228. The predicted octanol–water partition coefficient (Wildman–Crippen LogP) is 1.39. The molecule has 0 aromatic carbocycles. The molecule has 0 aromatic rings. The van der Waals surface area contributed by atoms with Gasteiger partial charge < -0.3 is 10.4 Å². The second kappa shape index (κ2) is 8.11. The van der Waals surface area contributed by atoms with Gasteiger partial charge >= 0.3 is 5.97 Å². The highest BCUT2D eigenvalue weighted by Gasteiger charge is 2.33. The summed E-state index contributed by atoms with van der Waals surface area (Å²) < 4.78 is 22.1. The van der Waals surface area contributed by atoms with Crippen LogP contribution in [0, 0.1) is 0 Å². The molecule has 2 N–H and O–H groups in total. The summed E-state index contributed by atoms with van der Waals surface area (Å²) in [6, 6.07) is 0. The van der Waals surface area contributed by atoms with Crippen molar-refractivity contribution in [1.82, 2.24) is 5.32 Å². The molecule has 0 rings (SSSR count). The zero-order chi connectivity index (χ0) is 15.1. The average Bonchev–Trinajstić information content (AvgIpc) is 2.24. The zero-order valence-corrected chi connectivity index (χ0v) is 13.7. The topological polar surface area (TPSA) is 83.5 Å². The number of nitrogens with one attached hydrogen (secondary N) is 1. The molecule has 0 saturated heterocycles. The highest BCUT2D eigenvalue weighted by atomic mass is 32.2. The fourth-order valence-electron chi connectivity index (χ4n) is 1.67. The highest BCUT2D eigenvalue weighted by Crippen LogP contribution is 2.22. The first-order chi connectivity index (χ1) is 8.60. The van der Waals surface area contributed by atoms with Crippen molar-refractivity contribution in [3.8, 4) is 0 Å². The molecule has 5 nitrogen and oxygen atoms in total. The largest absolute Gasteiger partial charge is 0.480 e. The number of thioether (sulfide) groups is 1. The Bertz CT molecular complexity index is 383. The van der Waals surface area contributed by atoms with Crippen molar-refractivity contribution in [1.29, 1.82) is 0 Å². The third-order valence-corrected chi connectivity index (χ3v) is 5.17. The lowest BCUT2D eigenvalue weighted by Gasteiger charge is -2.29. The van der Waals surface area contributed by atoms with Gasteiger partial charge in [0.25, 0.3) is 0 Å². The van der Waals surface area contributed by atoms with E-state index in [-0.39, 0.29) is 11.0 Å². The molecule has 7 heteroatoms. The fourth-order valence-corrected chi connectivity index (χ4v) is 4.12. The van der Waals surface area contributed by atoms with Crippen molar-refractivity contribution in [3.63, 3.8) is 0 Å². The van der Waals surface area contributed by atoms with Crippen LogP contribution in [-0.2, 0) is 14.6 Å². The van der Waals surface area contributed by atoms with Gasteiger partial charge in [-0.3, -0.25) is 4.79 Å². The molecule has 2 atom stereocenters. The van der Waals surface area contributed by atoms with Gasteiger partial charge in [0.05, 0.1) is 5.75 Å². The van der Waals surface area contributed by atoms with Crippen molar-refractivity contribution in [2.45, 2.75) is 44.4 Å². The van der Waals surface area contributed by atoms with Crippen molar-refractivity contribution in [3.05, 3.63) is 0 Å². The number of rotatable bonds is 10. The Morgan fingerprint density at radius 3 is 2.47 bits per heavy atom. The van der Waals surface area contributed by atoms with Crippen LogP contribution in [0.2, 0.25) is 0 Å². The number of sulfone groups is 1. The minimum absolute atomic E-state index is 0.0900. The van der Waals surface area contributed by atoms with Gasteiger partial charge in [-0.25, -0.2) is 8.42 Å². The van der Waals surface area contributed by atoms with Crippen molar-refractivity contribution >= 4 is 27.6 Å². The highest BCUT2D eigenvalue weighted by molar-refractivity contribution is 8.01. The fraction of sp³-hybridized carbons (Fsp3) is 0.917. The Labute approximate surface area is 120 Å². The van der Waals surface area contributed by atoms with Crippen LogP contribution in [0.25, 0.3) is 0 Å². The molecule has 0 amide bonds. The predicted molar refractivity (Wildman–Crippen MR) is 80.6 cm³/mol. The van der Waals surface area contributed by atoms with E-state index >= 15 is 0 Å². The molecule has 0 aliphatic heterocycles. The number of carboxylic acid groups (broad SMARTS) is 1. The molecule has 19 heavy (non-hydrogen) atoms. The second-order valence-corrected chi connectivity index (χ2v) is 8.89. The van der Waals surface area contributed by atoms with Crippen molar-refractivity contribution in [2.24, 2.45) is 0 Å². The molecule has 2 unspecified atom stereocenters. The summed E-state index contributed by atoms with van der Waals surface area (Å²) in [5.41, 5.74) is -0.951. The number of carbonyl (C=O) groups is 1. The van der Waals surface area contributed by atoms with E-state index in [0.29, 0.717) is 18.7 Å². The molecular formula is C12H25NO4S2. The van der Waals surface area contributed by atoms with E-state index in [9.17, 15) is 18.3 Å². The molecule has 0 heterocycles. The Hall–Kier alpha value is -0.270. The standard InChI is InChI=1S/C12H25NO4S2/c1-5-6-13-12(3,11(14)15)9-10(2)18-7-8-19(4,16)17/h10,13H,5-9H2,1-4H3,(H,14,15). The minimum Gasteiger partial charge on any atom is -0.480 e. The summed E-state index contributed by atoms with van der Waals surface area (Å²) in [7, 11) is -2.95. The molecule has 0 aromatic heterocycles. The minimum atomic E-state index is -2.95. The first kappa shape index (κ1) is 18.7. The van der Waals surface area contributed by atoms with E-state index in [2.05, 4.69) is 5.32 Å². The van der Waals surface area contributed by atoms with Gasteiger partial charge in [-0.2, -0.15) is 11.8 Å². The average molecular weight is 311 g/mol. The van der Waals surface area contributed by atoms with E-state index in [1.54, 1.807) is 6.92 Å². The summed E-state index contributed by atoms with van der Waals surface area (Å²) >= 11 is 1.50. The van der Waals surface area contributed by atoms with Gasteiger partial charge in [0, 0.05) is 17.3 Å². The van der Waals surface area contributed by atoms with Gasteiger partial charge in [0.15, 0.2) is 0 Å². The third-order valence-electron chi connectivity index (χ3n) is 2.79. The van der Waals surface area contributed by atoms with E-state index in [4.69, 9.17) is 0 Å². The molecule has 0 aliphatic rings. The molecule has 0 spiro atoms. The monoisotopic (exact) mass is 311 g/mol. The lowest BCUT2D eigenvalue weighted by molar-refractivity contribution is -0.144. The smallest absolute Gasteiger partial charge is 0.323 e. The molecule has 114 valence electrons. The maximum absolute atomic E-state index is 11.3. The zero-order valence-electron chi connectivity index (χ0n) is 12.1. The van der Waals surface area contributed by atoms with Crippen LogP contribution in [0.15, 0.2) is 0 Å². The third kappa shape index (κ3) is 8.49. The number of aliphatic carboxylic acids is 1. The first-order valence-electron chi connectivity index (χ1n) is 6.38. The first-order valence-corrected chi connectivity index (χ1v) is 9.49. The summed E-state index contributed by atoms with van der Waals surface area (Å²) in [6.07, 6.45) is 2.55. The van der Waals surface area contributed by atoms with Crippen LogP contribution in [0.3, 0.4) is 0 Å². The van der Waals surface area contributed by atoms with Gasteiger partial charge in [-0.15, -0.1) is 0 Å². The Kier molecular flexibility index (Phi) is 8.00.